The van der Waals surface area contributed by atoms with Gasteiger partial charge in [0.2, 0.25) is 0 Å². The molecule has 3 N–H and O–H groups in total. The number of morpholine rings is 1. The third-order valence-electron chi connectivity index (χ3n) is 2.72. The van der Waals surface area contributed by atoms with Crippen LogP contribution in [-0.4, -0.2) is 46.3 Å². The predicted molar refractivity (Wildman–Crippen MR) is 59.7 cm³/mol. The summed E-state index contributed by atoms with van der Waals surface area (Å²) in [7, 11) is 0. The van der Waals surface area contributed by atoms with Crippen molar-refractivity contribution in [3.63, 3.8) is 0 Å². The molecule has 0 spiro atoms. The number of hydrogen-bond donors (Lipinski definition) is 2. The molecule has 2 rings (SSSR count). The van der Waals surface area contributed by atoms with Crippen LogP contribution in [0.3, 0.4) is 0 Å². The Bertz CT molecular complexity index is 325. The fourth-order valence-corrected chi connectivity index (χ4v) is 1.92. The van der Waals surface area contributed by atoms with Crippen molar-refractivity contribution in [3.8, 4) is 0 Å². The van der Waals surface area contributed by atoms with Crippen LogP contribution in [0.25, 0.3) is 0 Å². The number of H-pyrrole nitrogens is 1. The molecule has 16 heavy (non-hydrogen) atoms. The van der Waals surface area contributed by atoms with E-state index in [4.69, 9.17) is 10.5 Å². The fourth-order valence-electron chi connectivity index (χ4n) is 1.92. The lowest BCUT2D eigenvalue weighted by molar-refractivity contribution is -0.0340. The molecule has 6 heteroatoms. The van der Waals surface area contributed by atoms with E-state index >= 15 is 0 Å². The highest BCUT2D eigenvalue weighted by atomic mass is 16.5. The van der Waals surface area contributed by atoms with Crippen LogP contribution in [0.1, 0.15) is 31.1 Å². The van der Waals surface area contributed by atoms with Crippen LogP contribution in [0, 0.1) is 0 Å². The van der Waals surface area contributed by atoms with E-state index in [1.54, 1.807) is 0 Å². The highest BCUT2D eigenvalue weighted by molar-refractivity contribution is 4.96. The number of ether oxygens (including phenoxy) is 1. The summed E-state index contributed by atoms with van der Waals surface area (Å²) in [6.07, 6.45) is 1.14. The Morgan fingerprint density at radius 3 is 3.19 bits per heavy atom. The molecule has 2 heterocycles. The minimum absolute atomic E-state index is 0.0168. The Morgan fingerprint density at radius 2 is 2.50 bits per heavy atom. The zero-order valence-corrected chi connectivity index (χ0v) is 9.65. The molecular weight excluding hydrogens is 206 g/mol. The lowest BCUT2D eigenvalue weighted by Crippen LogP contribution is -2.39. The van der Waals surface area contributed by atoms with Gasteiger partial charge < -0.3 is 10.5 Å². The number of hydrogen-bond acceptors (Lipinski definition) is 5. The summed E-state index contributed by atoms with van der Waals surface area (Å²) < 4.78 is 5.67. The Morgan fingerprint density at radius 1 is 1.62 bits per heavy atom. The molecule has 0 amide bonds. The standard InChI is InChI=1S/C10H19N5O/c1-2-3-15-4-5-16-8(7-15)10-12-9(6-11)13-14-10/h8H,2-7,11H2,1H3,(H,12,13,14). The summed E-state index contributed by atoms with van der Waals surface area (Å²) in [5.41, 5.74) is 5.48. The first-order valence-corrected chi connectivity index (χ1v) is 5.78. The zero-order chi connectivity index (χ0) is 11.4. The van der Waals surface area contributed by atoms with Crippen molar-refractivity contribution in [2.75, 3.05) is 26.2 Å². The van der Waals surface area contributed by atoms with Crippen LogP contribution in [0.15, 0.2) is 0 Å². The fraction of sp³-hybridized carbons (Fsp3) is 0.800. The highest BCUT2D eigenvalue weighted by Crippen LogP contribution is 2.18. The molecule has 1 unspecified atom stereocenters. The Labute approximate surface area is 95.2 Å². The smallest absolute Gasteiger partial charge is 0.180 e. The predicted octanol–water partition coefficient (Wildman–Crippen LogP) is 0.0467. The van der Waals surface area contributed by atoms with Gasteiger partial charge in [0, 0.05) is 13.1 Å². The van der Waals surface area contributed by atoms with E-state index in [-0.39, 0.29) is 6.10 Å². The molecular formula is C10H19N5O. The molecule has 1 aliphatic heterocycles. The molecule has 1 fully saturated rings. The summed E-state index contributed by atoms with van der Waals surface area (Å²) in [5, 5.41) is 6.95. The summed E-state index contributed by atoms with van der Waals surface area (Å²) in [6, 6.07) is 0. The average molecular weight is 225 g/mol. The van der Waals surface area contributed by atoms with E-state index < -0.39 is 0 Å². The van der Waals surface area contributed by atoms with Crippen molar-refractivity contribution in [2.24, 2.45) is 5.73 Å². The molecule has 90 valence electrons. The first-order valence-electron chi connectivity index (χ1n) is 5.78. The Balaban J connectivity index is 1.98. The van der Waals surface area contributed by atoms with Gasteiger partial charge >= 0.3 is 0 Å². The van der Waals surface area contributed by atoms with Gasteiger partial charge in [0.25, 0.3) is 0 Å². The quantitative estimate of drug-likeness (QED) is 0.756. The van der Waals surface area contributed by atoms with Crippen LogP contribution in [-0.2, 0) is 11.3 Å². The van der Waals surface area contributed by atoms with Gasteiger partial charge in [-0.25, -0.2) is 4.98 Å². The number of nitrogens with two attached hydrogens (primary N) is 1. The maximum absolute atomic E-state index is 5.67. The first kappa shape index (κ1) is 11.5. The van der Waals surface area contributed by atoms with Crippen molar-refractivity contribution in [3.05, 3.63) is 11.6 Å². The number of aromatic nitrogens is 3. The van der Waals surface area contributed by atoms with Crippen LogP contribution in [0.5, 0.6) is 0 Å². The second-order valence-corrected chi connectivity index (χ2v) is 4.00. The zero-order valence-electron chi connectivity index (χ0n) is 9.65. The van der Waals surface area contributed by atoms with Gasteiger partial charge in [-0.1, -0.05) is 6.92 Å². The van der Waals surface area contributed by atoms with E-state index in [9.17, 15) is 0 Å². The first-order chi connectivity index (χ1) is 7.83. The summed E-state index contributed by atoms with van der Waals surface area (Å²) in [4.78, 5) is 6.69. The molecule has 1 aromatic rings. The number of nitrogens with zero attached hydrogens (tertiary/aromatic N) is 3. The summed E-state index contributed by atoms with van der Waals surface area (Å²) >= 11 is 0. The largest absolute Gasteiger partial charge is 0.367 e. The molecule has 1 atom stereocenters. The van der Waals surface area contributed by atoms with Gasteiger partial charge in [-0.3, -0.25) is 10.00 Å². The molecule has 0 aromatic carbocycles. The molecule has 0 saturated carbocycles. The summed E-state index contributed by atoms with van der Waals surface area (Å²) in [5.74, 6) is 1.44. The summed E-state index contributed by atoms with van der Waals surface area (Å²) in [6.45, 7) is 6.29. The topological polar surface area (TPSA) is 80.1 Å². The molecule has 0 aliphatic carbocycles. The highest BCUT2D eigenvalue weighted by Gasteiger charge is 2.24. The molecule has 1 aromatic heterocycles. The molecule has 1 aliphatic rings. The average Bonchev–Trinajstić information content (AvgIpc) is 2.78. The van der Waals surface area contributed by atoms with E-state index in [2.05, 4.69) is 27.0 Å². The van der Waals surface area contributed by atoms with Crippen LogP contribution in [0.4, 0.5) is 0 Å². The third kappa shape index (κ3) is 2.58. The normalized spacial score (nSPS) is 22.5. The van der Waals surface area contributed by atoms with E-state index in [1.807, 2.05) is 0 Å². The number of aromatic amines is 1. The molecule has 1 saturated heterocycles. The molecule has 6 nitrogen and oxygen atoms in total. The van der Waals surface area contributed by atoms with Crippen molar-refractivity contribution in [1.29, 1.82) is 0 Å². The lowest BCUT2D eigenvalue weighted by atomic mass is 10.2. The van der Waals surface area contributed by atoms with Crippen LogP contribution < -0.4 is 5.73 Å². The van der Waals surface area contributed by atoms with Crippen LogP contribution in [0.2, 0.25) is 0 Å². The van der Waals surface area contributed by atoms with E-state index in [0.717, 1.165) is 38.5 Å². The lowest BCUT2D eigenvalue weighted by Gasteiger charge is -2.31. The van der Waals surface area contributed by atoms with Gasteiger partial charge in [-0.2, -0.15) is 5.10 Å². The van der Waals surface area contributed by atoms with Gasteiger partial charge in [-0.05, 0) is 13.0 Å². The number of nitrogens with one attached hydrogen (secondary N) is 1. The van der Waals surface area contributed by atoms with Gasteiger partial charge in [0.1, 0.15) is 11.9 Å². The Kier molecular flexibility index (Phi) is 3.87. The number of rotatable bonds is 4. The molecule has 0 radical (unpaired) electrons. The monoisotopic (exact) mass is 225 g/mol. The van der Waals surface area contributed by atoms with Gasteiger partial charge in [0.05, 0.1) is 13.2 Å². The minimum atomic E-state index is -0.0168. The minimum Gasteiger partial charge on any atom is -0.367 e. The van der Waals surface area contributed by atoms with Crippen molar-refractivity contribution >= 4 is 0 Å². The third-order valence-corrected chi connectivity index (χ3v) is 2.72. The van der Waals surface area contributed by atoms with Gasteiger partial charge in [-0.15, -0.1) is 0 Å². The maximum atomic E-state index is 5.67. The molecule has 0 bridgehead atoms. The SMILES string of the molecule is CCCN1CCOC(c2n[nH]c(CN)n2)C1. The maximum Gasteiger partial charge on any atom is 0.180 e. The van der Waals surface area contributed by atoms with E-state index in [0.29, 0.717) is 12.4 Å². The second-order valence-electron chi connectivity index (χ2n) is 4.00. The second kappa shape index (κ2) is 5.38. The van der Waals surface area contributed by atoms with Crippen molar-refractivity contribution < 1.29 is 4.74 Å². The van der Waals surface area contributed by atoms with Crippen molar-refractivity contribution in [1.82, 2.24) is 20.1 Å². The van der Waals surface area contributed by atoms with Crippen LogP contribution >= 0.6 is 0 Å². The Hall–Kier alpha value is -0.980. The van der Waals surface area contributed by atoms with Gasteiger partial charge in [0.15, 0.2) is 5.82 Å². The van der Waals surface area contributed by atoms with Crippen molar-refractivity contribution in [2.45, 2.75) is 26.0 Å². The van der Waals surface area contributed by atoms with E-state index in [1.165, 1.54) is 0 Å².